The van der Waals surface area contributed by atoms with Crippen molar-refractivity contribution in [3.63, 3.8) is 0 Å². The Labute approximate surface area is 106 Å². The second-order valence-electron chi connectivity index (χ2n) is 5.25. The predicted octanol–water partition coefficient (Wildman–Crippen LogP) is 3.22. The van der Waals surface area contributed by atoms with Crippen LogP contribution in [0.4, 0.5) is 0 Å². The molecule has 0 heterocycles. The Balaban J connectivity index is 2.37. The highest BCUT2D eigenvalue weighted by Gasteiger charge is 2.00. The molecule has 1 aromatic rings. The Morgan fingerprint density at radius 3 is 2.65 bits per heavy atom. The van der Waals surface area contributed by atoms with Gasteiger partial charge in [-0.1, -0.05) is 26.0 Å². The molecule has 1 rings (SSSR count). The van der Waals surface area contributed by atoms with E-state index in [1.807, 2.05) is 6.07 Å². The molecule has 96 valence electrons. The fourth-order valence-electron chi connectivity index (χ4n) is 1.80. The molecule has 2 heteroatoms. The maximum Gasteiger partial charge on any atom is 0.119 e. The minimum absolute atomic E-state index is 0.694. The summed E-state index contributed by atoms with van der Waals surface area (Å²) in [6.45, 7) is 6.35. The summed E-state index contributed by atoms with van der Waals surface area (Å²) < 4.78 is 5.75. The molecule has 0 aliphatic carbocycles. The Kier molecular flexibility index (Phi) is 6.06. The lowest BCUT2D eigenvalue weighted by Gasteiger charge is -2.11. The van der Waals surface area contributed by atoms with Gasteiger partial charge in [-0.05, 0) is 50.6 Å². The molecule has 0 aliphatic rings. The highest BCUT2D eigenvalue weighted by atomic mass is 16.5. The molecule has 0 amide bonds. The van der Waals surface area contributed by atoms with Crippen molar-refractivity contribution in [3.05, 3.63) is 29.8 Å². The number of ether oxygens (including phenoxy) is 1. The first kappa shape index (κ1) is 14.0. The van der Waals surface area contributed by atoms with Crippen LogP contribution in [0.5, 0.6) is 5.75 Å². The molecular formula is C15H25NO. The normalized spacial score (nSPS) is 11.2. The van der Waals surface area contributed by atoms with Gasteiger partial charge in [-0.15, -0.1) is 0 Å². The van der Waals surface area contributed by atoms with Crippen LogP contribution in [-0.2, 0) is 6.42 Å². The molecule has 0 fully saturated rings. The topological polar surface area (TPSA) is 12.5 Å². The zero-order valence-electron chi connectivity index (χ0n) is 11.6. The van der Waals surface area contributed by atoms with E-state index in [1.54, 1.807) is 0 Å². The smallest absolute Gasteiger partial charge is 0.119 e. The summed E-state index contributed by atoms with van der Waals surface area (Å²) in [4.78, 5) is 2.18. The quantitative estimate of drug-likeness (QED) is 0.673. The first-order chi connectivity index (χ1) is 8.08. The molecule has 1 aromatic carbocycles. The Bertz CT molecular complexity index is 320. The lowest BCUT2D eigenvalue weighted by molar-refractivity contribution is 0.281. The third kappa shape index (κ3) is 6.32. The first-order valence-electron chi connectivity index (χ1n) is 6.44. The van der Waals surface area contributed by atoms with Crippen molar-refractivity contribution in [1.82, 2.24) is 4.90 Å². The highest BCUT2D eigenvalue weighted by Crippen LogP contribution is 2.16. The number of rotatable bonds is 7. The van der Waals surface area contributed by atoms with E-state index in [0.29, 0.717) is 5.92 Å². The van der Waals surface area contributed by atoms with Gasteiger partial charge in [0.25, 0.3) is 0 Å². The lowest BCUT2D eigenvalue weighted by atomic mass is 10.0. The van der Waals surface area contributed by atoms with E-state index in [4.69, 9.17) is 4.74 Å². The van der Waals surface area contributed by atoms with Crippen molar-refractivity contribution < 1.29 is 4.74 Å². The fourth-order valence-corrected chi connectivity index (χ4v) is 1.80. The van der Waals surface area contributed by atoms with Crippen LogP contribution in [-0.4, -0.2) is 32.1 Å². The predicted molar refractivity (Wildman–Crippen MR) is 73.7 cm³/mol. The third-order valence-electron chi connectivity index (χ3n) is 2.56. The molecule has 0 spiro atoms. The van der Waals surface area contributed by atoms with Crippen LogP contribution in [0.3, 0.4) is 0 Å². The summed E-state index contributed by atoms with van der Waals surface area (Å²) in [5.41, 5.74) is 1.37. The summed E-state index contributed by atoms with van der Waals surface area (Å²) in [7, 11) is 4.17. The van der Waals surface area contributed by atoms with Gasteiger partial charge in [-0.25, -0.2) is 0 Å². The van der Waals surface area contributed by atoms with Crippen molar-refractivity contribution in [2.75, 3.05) is 27.2 Å². The van der Waals surface area contributed by atoms with Crippen molar-refractivity contribution >= 4 is 0 Å². The van der Waals surface area contributed by atoms with Crippen LogP contribution in [0.15, 0.2) is 24.3 Å². The van der Waals surface area contributed by atoms with Crippen molar-refractivity contribution in [3.8, 4) is 5.75 Å². The third-order valence-corrected chi connectivity index (χ3v) is 2.56. The van der Waals surface area contributed by atoms with Gasteiger partial charge in [-0.3, -0.25) is 0 Å². The van der Waals surface area contributed by atoms with Gasteiger partial charge < -0.3 is 9.64 Å². The van der Waals surface area contributed by atoms with Gasteiger partial charge in [0.05, 0.1) is 6.61 Å². The molecular weight excluding hydrogens is 210 g/mol. The van der Waals surface area contributed by atoms with Crippen molar-refractivity contribution in [2.45, 2.75) is 26.7 Å². The summed E-state index contributed by atoms with van der Waals surface area (Å²) >= 11 is 0. The number of benzene rings is 1. The molecule has 0 aliphatic heterocycles. The maximum absolute atomic E-state index is 5.75. The SMILES string of the molecule is CC(C)Cc1cccc(OCCCN(C)C)c1. The van der Waals surface area contributed by atoms with E-state index >= 15 is 0 Å². The van der Waals surface area contributed by atoms with Crippen LogP contribution in [0.2, 0.25) is 0 Å². The molecule has 0 radical (unpaired) electrons. The highest BCUT2D eigenvalue weighted by molar-refractivity contribution is 5.28. The lowest BCUT2D eigenvalue weighted by Crippen LogP contribution is -2.15. The minimum atomic E-state index is 0.694. The second-order valence-corrected chi connectivity index (χ2v) is 5.25. The Morgan fingerprint density at radius 1 is 1.24 bits per heavy atom. The summed E-state index contributed by atoms with van der Waals surface area (Å²) in [6, 6.07) is 8.46. The van der Waals surface area contributed by atoms with E-state index in [0.717, 1.165) is 31.7 Å². The summed E-state index contributed by atoms with van der Waals surface area (Å²) in [5.74, 6) is 1.70. The van der Waals surface area contributed by atoms with Crippen LogP contribution in [0.1, 0.15) is 25.8 Å². The standard InChI is InChI=1S/C15H25NO/c1-13(2)11-14-7-5-8-15(12-14)17-10-6-9-16(3)4/h5,7-8,12-13H,6,9-11H2,1-4H3. The molecule has 0 bridgehead atoms. The van der Waals surface area contributed by atoms with Crippen molar-refractivity contribution in [1.29, 1.82) is 0 Å². The number of nitrogens with zero attached hydrogens (tertiary/aromatic N) is 1. The van der Waals surface area contributed by atoms with Crippen molar-refractivity contribution in [2.24, 2.45) is 5.92 Å². The van der Waals surface area contributed by atoms with E-state index in [1.165, 1.54) is 5.56 Å². The second kappa shape index (κ2) is 7.33. The van der Waals surface area contributed by atoms with Gasteiger partial charge in [0.1, 0.15) is 5.75 Å². The van der Waals surface area contributed by atoms with Crippen LogP contribution in [0, 0.1) is 5.92 Å². The summed E-state index contributed by atoms with van der Waals surface area (Å²) in [6.07, 6.45) is 2.19. The van der Waals surface area contributed by atoms with E-state index in [9.17, 15) is 0 Å². The van der Waals surface area contributed by atoms with Gasteiger partial charge in [0.2, 0.25) is 0 Å². The van der Waals surface area contributed by atoms with E-state index in [-0.39, 0.29) is 0 Å². The molecule has 0 N–H and O–H groups in total. The zero-order chi connectivity index (χ0) is 12.7. The van der Waals surface area contributed by atoms with Gasteiger partial charge >= 0.3 is 0 Å². The minimum Gasteiger partial charge on any atom is -0.494 e. The molecule has 0 saturated carbocycles. The molecule has 0 aromatic heterocycles. The Morgan fingerprint density at radius 2 is 2.00 bits per heavy atom. The number of hydrogen-bond acceptors (Lipinski definition) is 2. The first-order valence-corrected chi connectivity index (χ1v) is 6.44. The molecule has 0 saturated heterocycles. The fraction of sp³-hybridized carbons (Fsp3) is 0.600. The molecule has 2 nitrogen and oxygen atoms in total. The van der Waals surface area contributed by atoms with Crippen LogP contribution in [0.25, 0.3) is 0 Å². The average Bonchev–Trinajstić information content (AvgIpc) is 2.24. The number of hydrogen-bond donors (Lipinski definition) is 0. The molecule has 0 atom stereocenters. The monoisotopic (exact) mass is 235 g/mol. The average molecular weight is 235 g/mol. The zero-order valence-corrected chi connectivity index (χ0v) is 11.6. The van der Waals surface area contributed by atoms with E-state index < -0.39 is 0 Å². The molecule has 17 heavy (non-hydrogen) atoms. The summed E-state index contributed by atoms with van der Waals surface area (Å²) in [5, 5.41) is 0. The largest absolute Gasteiger partial charge is 0.494 e. The van der Waals surface area contributed by atoms with Crippen LogP contribution < -0.4 is 4.74 Å². The van der Waals surface area contributed by atoms with E-state index in [2.05, 4.69) is 51.0 Å². The maximum atomic E-state index is 5.75. The van der Waals surface area contributed by atoms with Gasteiger partial charge in [0.15, 0.2) is 0 Å². The van der Waals surface area contributed by atoms with Crippen LogP contribution >= 0.6 is 0 Å². The molecule has 0 unspecified atom stereocenters. The van der Waals surface area contributed by atoms with Gasteiger partial charge in [-0.2, -0.15) is 0 Å². The Hall–Kier alpha value is -1.02. The van der Waals surface area contributed by atoms with Gasteiger partial charge in [0, 0.05) is 6.54 Å².